The maximum atomic E-state index is 11.7. The number of hydrogen-bond donors (Lipinski definition) is 2. The molecule has 1 aromatic rings. The van der Waals surface area contributed by atoms with Crippen molar-refractivity contribution in [2.24, 2.45) is 0 Å². The van der Waals surface area contributed by atoms with Crippen LogP contribution in [-0.4, -0.2) is 26.5 Å². The van der Waals surface area contributed by atoms with Crippen molar-refractivity contribution in [1.82, 2.24) is 5.32 Å². The molecule has 6 nitrogen and oxygen atoms in total. The van der Waals surface area contributed by atoms with E-state index in [2.05, 4.69) is 16.6 Å². The van der Waals surface area contributed by atoms with E-state index in [0.717, 1.165) is 6.08 Å². The van der Waals surface area contributed by atoms with Gasteiger partial charge in [-0.25, -0.2) is 0 Å². The Hall–Kier alpha value is -1.86. The number of nitrogens with one attached hydrogen (secondary N) is 2. The molecule has 0 unspecified atom stereocenters. The predicted molar refractivity (Wildman–Crippen MR) is 77.4 cm³/mol. The molecule has 0 aliphatic heterocycles. The molecule has 1 aromatic carbocycles. The number of para-hydroxylation sites is 1. The fourth-order valence-corrected chi connectivity index (χ4v) is 2.26. The van der Waals surface area contributed by atoms with Crippen LogP contribution in [0.5, 0.6) is 0 Å². The third-order valence-corrected chi connectivity index (χ3v) is 3.15. The maximum absolute atomic E-state index is 11.7. The number of anilines is 1. The minimum absolute atomic E-state index is 0.200. The van der Waals surface area contributed by atoms with E-state index in [1.165, 1.54) is 0 Å². The lowest BCUT2D eigenvalue weighted by atomic mass is 10.1. The van der Waals surface area contributed by atoms with Crippen LogP contribution in [0.2, 0.25) is 0 Å². The van der Waals surface area contributed by atoms with E-state index in [9.17, 15) is 13.2 Å². The van der Waals surface area contributed by atoms with E-state index in [1.807, 2.05) is 0 Å². The highest BCUT2D eigenvalue weighted by atomic mass is 32.2. The van der Waals surface area contributed by atoms with Crippen LogP contribution < -0.4 is 10.0 Å². The summed E-state index contributed by atoms with van der Waals surface area (Å²) in [6, 6.07) is 8.38. The van der Waals surface area contributed by atoms with Gasteiger partial charge in [-0.15, -0.1) is 0 Å². The van der Waals surface area contributed by atoms with Gasteiger partial charge in [0.15, 0.2) is 0 Å². The van der Waals surface area contributed by atoms with Crippen molar-refractivity contribution < 1.29 is 17.4 Å². The van der Waals surface area contributed by atoms with Crippen molar-refractivity contribution in [2.75, 3.05) is 11.3 Å². The van der Waals surface area contributed by atoms with Crippen molar-refractivity contribution in [3.63, 3.8) is 0 Å². The van der Waals surface area contributed by atoms with Crippen molar-refractivity contribution in [2.45, 2.75) is 19.4 Å². The molecular formula is C13H18N2O4S. The number of benzene rings is 1. The fourth-order valence-electron chi connectivity index (χ4n) is 1.33. The first-order valence-corrected chi connectivity index (χ1v) is 7.32. The highest BCUT2D eigenvalue weighted by molar-refractivity contribution is 7.88. The summed E-state index contributed by atoms with van der Waals surface area (Å²) in [5, 5.41) is 2.57. The normalized spacial score (nSPS) is 11.7. The number of rotatable bonds is 7. The van der Waals surface area contributed by atoms with Gasteiger partial charge in [0.1, 0.15) is 0 Å². The lowest BCUT2D eigenvalue weighted by molar-refractivity contribution is -0.118. The molecule has 0 radical (unpaired) electrons. The largest absolute Gasteiger partial charge is 0.360 e. The Morgan fingerprint density at radius 3 is 2.50 bits per heavy atom. The zero-order valence-electron chi connectivity index (χ0n) is 11.4. The van der Waals surface area contributed by atoms with Crippen LogP contribution in [0.1, 0.15) is 13.8 Å². The first kappa shape index (κ1) is 16.2. The Morgan fingerprint density at radius 2 is 1.95 bits per heavy atom. The molecule has 0 spiro atoms. The molecule has 0 atom stereocenters. The van der Waals surface area contributed by atoms with Crippen LogP contribution in [0.4, 0.5) is 5.69 Å². The van der Waals surface area contributed by atoms with Crippen LogP contribution in [0.15, 0.2) is 43.0 Å². The van der Waals surface area contributed by atoms with Crippen LogP contribution in [0.3, 0.4) is 0 Å². The van der Waals surface area contributed by atoms with Crippen LogP contribution in [0, 0.1) is 0 Å². The Labute approximate surface area is 119 Å². The van der Waals surface area contributed by atoms with Crippen molar-refractivity contribution in [3.8, 4) is 0 Å². The minimum Gasteiger partial charge on any atom is -0.345 e. The molecule has 1 rings (SSSR count). The van der Waals surface area contributed by atoms with Gasteiger partial charge in [-0.05, 0) is 32.1 Å². The SMILES string of the molecule is C=CC(=O)NC(C)(C)COS(=O)(=O)Nc1ccccc1. The monoisotopic (exact) mass is 298 g/mol. The van der Waals surface area contributed by atoms with E-state index in [4.69, 9.17) is 4.18 Å². The van der Waals surface area contributed by atoms with Crippen LogP contribution in [0.25, 0.3) is 0 Å². The Kier molecular flexibility index (Phi) is 5.29. The average molecular weight is 298 g/mol. The van der Waals surface area contributed by atoms with Gasteiger partial charge in [0, 0.05) is 0 Å². The van der Waals surface area contributed by atoms with Gasteiger partial charge < -0.3 is 5.32 Å². The van der Waals surface area contributed by atoms with E-state index in [1.54, 1.807) is 44.2 Å². The first-order chi connectivity index (χ1) is 9.24. The lowest BCUT2D eigenvalue weighted by Crippen LogP contribution is -2.47. The Bertz CT molecular complexity index is 567. The smallest absolute Gasteiger partial charge is 0.345 e. The van der Waals surface area contributed by atoms with Gasteiger partial charge >= 0.3 is 10.3 Å². The van der Waals surface area contributed by atoms with Crippen molar-refractivity contribution in [1.29, 1.82) is 0 Å². The van der Waals surface area contributed by atoms with Gasteiger partial charge in [0.05, 0.1) is 17.8 Å². The molecule has 20 heavy (non-hydrogen) atoms. The molecule has 0 heterocycles. The quantitative estimate of drug-likeness (QED) is 0.746. The van der Waals surface area contributed by atoms with Crippen molar-refractivity contribution >= 4 is 21.9 Å². The van der Waals surface area contributed by atoms with E-state index < -0.39 is 21.8 Å². The molecule has 2 N–H and O–H groups in total. The molecule has 0 aliphatic rings. The second-order valence-corrected chi connectivity index (χ2v) is 6.11. The summed E-state index contributed by atoms with van der Waals surface area (Å²) in [7, 11) is -3.94. The number of amides is 1. The average Bonchev–Trinajstić information content (AvgIpc) is 2.37. The second kappa shape index (κ2) is 6.53. The van der Waals surface area contributed by atoms with Crippen LogP contribution in [-0.2, 0) is 19.3 Å². The summed E-state index contributed by atoms with van der Waals surface area (Å²) < 4.78 is 30.6. The van der Waals surface area contributed by atoms with Gasteiger partial charge in [-0.3, -0.25) is 13.7 Å². The molecule has 7 heteroatoms. The Morgan fingerprint density at radius 1 is 1.35 bits per heavy atom. The summed E-state index contributed by atoms with van der Waals surface area (Å²) in [6.07, 6.45) is 1.11. The minimum atomic E-state index is -3.94. The number of carbonyl (C=O) groups is 1. The molecular weight excluding hydrogens is 280 g/mol. The zero-order chi connectivity index (χ0) is 15.2. The third kappa shape index (κ3) is 5.85. The molecule has 1 amide bonds. The fraction of sp³-hybridized carbons (Fsp3) is 0.308. The van der Waals surface area contributed by atoms with Gasteiger partial charge in [-0.1, -0.05) is 24.8 Å². The second-order valence-electron chi connectivity index (χ2n) is 4.76. The van der Waals surface area contributed by atoms with E-state index >= 15 is 0 Å². The molecule has 0 aliphatic carbocycles. The molecule has 0 aromatic heterocycles. The third-order valence-electron chi connectivity index (χ3n) is 2.24. The summed E-state index contributed by atoms with van der Waals surface area (Å²) in [6.45, 7) is 6.42. The summed E-state index contributed by atoms with van der Waals surface area (Å²) in [5.74, 6) is -0.396. The van der Waals surface area contributed by atoms with Gasteiger partial charge in [0.2, 0.25) is 5.91 Å². The highest BCUT2D eigenvalue weighted by Crippen LogP contribution is 2.11. The summed E-state index contributed by atoms with van der Waals surface area (Å²) >= 11 is 0. The Balaban J connectivity index is 2.59. The molecule has 0 saturated carbocycles. The zero-order valence-corrected chi connectivity index (χ0v) is 12.2. The highest BCUT2D eigenvalue weighted by Gasteiger charge is 2.23. The van der Waals surface area contributed by atoms with E-state index in [0.29, 0.717) is 5.69 Å². The summed E-state index contributed by atoms with van der Waals surface area (Å²) in [4.78, 5) is 11.2. The number of carbonyl (C=O) groups excluding carboxylic acids is 1. The molecule has 0 saturated heterocycles. The van der Waals surface area contributed by atoms with E-state index in [-0.39, 0.29) is 6.61 Å². The van der Waals surface area contributed by atoms with Gasteiger partial charge in [0.25, 0.3) is 0 Å². The molecule has 110 valence electrons. The van der Waals surface area contributed by atoms with Crippen molar-refractivity contribution in [3.05, 3.63) is 43.0 Å². The molecule has 0 fully saturated rings. The predicted octanol–water partition coefficient (Wildman–Crippen LogP) is 1.44. The first-order valence-electron chi connectivity index (χ1n) is 5.91. The lowest BCUT2D eigenvalue weighted by Gasteiger charge is -2.25. The maximum Gasteiger partial charge on any atom is 0.360 e. The summed E-state index contributed by atoms with van der Waals surface area (Å²) in [5.41, 5.74) is -0.433. The molecule has 0 bridgehead atoms. The van der Waals surface area contributed by atoms with Gasteiger partial charge in [-0.2, -0.15) is 8.42 Å². The van der Waals surface area contributed by atoms with Crippen LogP contribution >= 0.6 is 0 Å². The topological polar surface area (TPSA) is 84.5 Å². The standard InChI is InChI=1S/C13H18N2O4S/c1-4-12(16)14-13(2,3)10-19-20(17,18)15-11-8-6-5-7-9-11/h4-9,15H,1,10H2,2-3H3,(H,14,16). The number of hydrogen-bond acceptors (Lipinski definition) is 4.